The van der Waals surface area contributed by atoms with Crippen LogP contribution < -0.4 is 10.6 Å². The normalized spacial score (nSPS) is 17.1. The lowest BCUT2D eigenvalue weighted by atomic mass is 9.96. The molecule has 1 fully saturated rings. The van der Waals surface area contributed by atoms with Gasteiger partial charge in [-0.1, -0.05) is 56.7 Å². The molecule has 0 aromatic heterocycles. The average Bonchev–Trinajstić information content (AvgIpc) is 2.83. The van der Waals surface area contributed by atoms with E-state index >= 15 is 0 Å². The standard InChI is InChI=1S/C26H32F3N3O2/c1-3-18(2)23(31-24(33)20-9-5-4-6-10-20)25(34)30-22-12-14-32(15-13-22)17-19-8-7-11-21(16-19)26(27,28)29/h4-11,16,18,22-23H,3,12-15,17H2,1-2H3,(H,30,34)(H,31,33). The van der Waals surface area contributed by atoms with Crippen LogP contribution in [0.4, 0.5) is 13.2 Å². The van der Waals surface area contributed by atoms with Gasteiger partial charge in [-0.05, 0) is 42.5 Å². The number of likely N-dealkylation sites (tertiary alicyclic amines) is 1. The molecule has 1 heterocycles. The van der Waals surface area contributed by atoms with E-state index in [1.54, 1.807) is 30.3 Å². The highest BCUT2D eigenvalue weighted by atomic mass is 19.4. The Bertz CT molecular complexity index is 957. The quantitative estimate of drug-likeness (QED) is 0.585. The van der Waals surface area contributed by atoms with Crippen LogP contribution in [0.25, 0.3) is 0 Å². The monoisotopic (exact) mass is 475 g/mol. The van der Waals surface area contributed by atoms with E-state index < -0.39 is 17.8 Å². The molecule has 2 atom stereocenters. The minimum Gasteiger partial charge on any atom is -0.351 e. The predicted molar refractivity (Wildman–Crippen MR) is 125 cm³/mol. The van der Waals surface area contributed by atoms with Gasteiger partial charge in [-0.2, -0.15) is 13.2 Å². The van der Waals surface area contributed by atoms with Crippen LogP contribution in [0.15, 0.2) is 54.6 Å². The smallest absolute Gasteiger partial charge is 0.351 e. The molecule has 3 rings (SSSR count). The Balaban J connectivity index is 1.53. The minimum absolute atomic E-state index is 0.0336. The zero-order valence-corrected chi connectivity index (χ0v) is 19.6. The van der Waals surface area contributed by atoms with Crippen LogP contribution in [0.2, 0.25) is 0 Å². The molecule has 1 aliphatic heterocycles. The van der Waals surface area contributed by atoms with E-state index in [-0.39, 0.29) is 23.8 Å². The molecule has 0 bridgehead atoms. The Hall–Kier alpha value is -2.87. The number of nitrogens with one attached hydrogen (secondary N) is 2. The Morgan fingerprint density at radius 2 is 1.74 bits per heavy atom. The summed E-state index contributed by atoms with van der Waals surface area (Å²) in [5.41, 5.74) is 0.491. The molecule has 0 aliphatic carbocycles. The second kappa shape index (κ2) is 11.5. The maximum Gasteiger partial charge on any atom is 0.416 e. The second-order valence-electron chi connectivity index (χ2n) is 8.96. The number of piperidine rings is 1. The van der Waals surface area contributed by atoms with Crippen LogP contribution in [-0.2, 0) is 17.5 Å². The number of halogens is 3. The maximum absolute atomic E-state index is 13.0. The van der Waals surface area contributed by atoms with Crippen molar-refractivity contribution in [1.29, 1.82) is 0 Å². The molecule has 2 amide bonds. The van der Waals surface area contributed by atoms with Gasteiger partial charge in [0.05, 0.1) is 5.56 Å². The molecule has 5 nitrogen and oxygen atoms in total. The molecule has 1 saturated heterocycles. The Morgan fingerprint density at radius 3 is 2.35 bits per heavy atom. The number of amides is 2. The van der Waals surface area contributed by atoms with E-state index in [1.807, 2.05) is 19.9 Å². The van der Waals surface area contributed by atoms with Crippen LogP contribution in [0.5, 0.6) is 0 Å². The lowest BCUT2D eigenvalue weighted by Crippen LogP contribution is -2.54. The first-order valence-electron chi connectivity index (χ1n) is 11.7. The van der Waals surface area contributed by atoms with Crippen LogP contribution in [0.3, 0.4) is 0 Å². The topological polar surface area (TPSA) is 61.4 Å². The van der Waals surface area contributed by atoms with Crippen LogP contribution >= 0.6 is 0 Å². The zero-order valence-electron chi connectivity index (χ0n) is 19.6. The fourth-order valence-corrected chi connectivity index (χ4v) is 4.15. The molecular formula is C26H32F3N3O2. The summed E-state index contributed by atoms with van der Waals surface area (Å²) in [6.45, 7) is 5.70. The second-order valence-corrected chi connectivity index (χ2v) is 8.96. The molecule has 2 unspecified atom stereocenters. The number of carbonyl (C=O) groups is 2. The number of benzene rings is 2. The van der Waals surface area contributed by atoms with Crippen molar-refractivity contribution >= 4 is 11.8 Å². The SMILES string of the molecule is CCC(C)C(NC(=O)c1ccccc1)C(=O)NC1CCN(Cc2cccc(C(F)(F)F)c2)CC1. The first kappa shape index (κ1) is 25.7. The van der Waals surface area contributed by atoms with Gasteiger partial charge >= 0.3 is 6.18 Å². The fraction of sp³-hybridized carbons (Fsp3) is 0.462. The summed E-state index contributed by atoms with van der Waals surface area (Å²) in [4.78, 5) is 27.7. The number of hydrogen-bond acceptors (Lipinski definition) is 3. The summed E-state index contributed by atoms with van der Waals surface area (Å²) in [5.74, 6) is -0.513. The van der Waals surface area contributed by atoms with Crippen molar-refractivity contribution in [2.75, 3.05) is 13.1 Å². The van der Waals surface area contributed by atoms with Crippen molar-refractivity contribution < 1.29 is 22.8 Å². The lowest BCUT2D eigenvalue weighted by molar-refractivity contribution is -0.137. The average molecular weight is 476 g/mol. The summed E-state index contributed by atoms with van der Waals surface area (Å²) in [7, 11) is 0. The molecule has 2 aromatic rings. The van der Waals surface area contributed by atoms with E-state index in [4.69, 9.17) is 0 Å². The first-order valence-corrected chi connectivity index (χ1v) is 11.7. The maximum atomic E-state index is 13.0. The Kier molecular flexibility index (Phi) is 8.72. The lowest BCUT2D eigenvalue weighted by Gasteiger charge is -2.34. The molecular weight excluding hydrogens is 443 g/mol. The third-order valence-corrected chi connectivity index (χ3v) is 6.41. The highest BCUT2D eigenvalue weighted by Crippen LogP contribution is 2.30. The van der Waals surface area contributed by atoms with Crippen LogP contribution in [-0.4, -0.2) is 41.9 Å². The van der Waals surface area contributed by atoms with E-state index in [0.717, 1.165) is 12.5 Å². The zero-order chi connectivity index (χ0) is 24.7. The molecule has 0 radical (unpaired) electrons. The predicted octanol–water partition coefficient (Wildman–Crippen LogP) is 4.63. The van der Waals surface area contributed by atoms with Crippen molar-refractivity contribution in [3.63, 3.8) is 0 Å². The molecule has 0 spiro atoms. The first-order chi connectivity index (χ1) is 16.2. The Morgan fingerprint density at radius 1 is 1.06 bits per heavy atom. The molecule has 2 aromatic carbocycles. The van der Waals surface area contributed by atoms with Crippen molar-refractivity contribution in [3.8, 4) is 0 Å². The molecule has 0 saturated carbocycles. The summed E-state index contributed by atoms with van der Waals surface area (Å²) in [6.07, 6.45) is -2.22. The third-order valence-electron chi connectivity index (χ3n) is 6.41. The number of carbonyl (C=O) groups excluding carboxylic acids is 2. The van der Waals surface area contributed by atoms with Crippen LogP contribution in [0, 0.1) is 5.92 Å². The fourth-order valence-electron chi connectivity index (χ4n) is 4.15. The summed E-state index contributed by atoms with van der Waals surface area (Å²) >= 11 is 0. The van der Waals surface area contributed by atoms with Gasteiger partial charge in [0.1, 0.15) is 6.04 Å². The largest absolute Gasteiger partial charge is 0.416 e. The van der Waals surface area contributed by atoms with Crippen molar-refractivity contribution in [2.45, 2.75) is 57.9 Å². The number of nitrogens with zero attached hydrogens (tertiary/aromatic N) is 1. The van der Waals surface area contributed by atoms with E-state index in [9.17, 15) is 22.8 Å². The Labute approximate surface area is 198 Å². The summed E-state index contributed by atoms with van der Waals surface area (Å²) in [5, 5.41) is 5.95. The van der Waals surface area contributed by atoms with E-state index in [0.29, 0.717) is 43.6 Å². The van der Waals surface area contributed by atoms with Crippen molar-refractivity contribution in [2.24, 2.45) is 5.92 Å². The van der Waals surface area contributed by atoms with E-state index in [2.05, 4.69) is 15.5 Å². The van der Waals surface area contributed by atoms with Gasteiger partial charge < -0.3 is 10.6 Å². The van der Waals surface area contributed by atoms with Crippen molar-refractivity contribution in [3.05, 3.63) is 71.3 Å². The van der Waals surface area contributed by atoms with Gasteiger partial charge in [-0.15, -0.1) is 0 Å². The van der Waals surface area contributed by atoms with E-state index in [1.165, 1.54) is 12.1 Å². The number of rotatable bonds is 8. The highest BCUT2D eigenvalue weighted by Gasteiger charge is 2.31. The summed E-state index contributed by atoms with van der Waals surface area (Å²) in [6, 6.07) is 13.5. The molecule has 34 heavy (non-hydrogen) atoms. The van der Waals surface area contributed by atoms with Gasteiger partial charge in [-0.25, -0.2) is 0 Å². The van der Waals surface area contributed by atoms with Gasteiger partial charge in [0.15, 0.2) is 0 Å². The van der Waals surface area contributed by atoms with Crippen LogP contribution in [0.1, 0.15) is 54.6 Å². The van der Waals surface area contributed by atoms with Crippen molar-refractivity contribution in [1.82, 2.24) is 15.5 Å². The summed E-state index contributed by atoms with van der Waals surface area (Å²) < 4.78 is 38.9. The highest BCUT2D eigenvalue weighted by molar-refractivity contribution is 5.97. The van der Waals surface area contributed by atoms with Gasteiger partial charge in [0, 0.05) is 31.2 Å². The minimum atomic E-state index is -4.35. The van der Waals surface area contributed by atoms with Gasteiger partial charge in [-0.3, -0.25) is 14.5 Å². The molecule has 184 valence electrons. The molecule has 1 aliphatic rings. The number of alkyl halides is 3. The third kappa shape index (κ3) is 7.06. The molecule has 8 heteroatoms. The van der Waals surface area contributed by atoms with Gasteiger partial charge in [0.2, 0.25) is 5.91 Å². The number of hydrogen-bond donors (Lipinski definition) is 2. The van der Waals surface area contributed by atoms with Gasteiger partial charge in [0.25, 0.3) is 5.91 Å². The molecule has 2 N–H and O–H groups in total.